The Labute approximate surface area is 154 Å². The van der Waals surface area contributed by atoms with Gasteiger partial charge in [0, 0.05) is 34.0 Å². The van der Waals surface area contributed by atoms with Gasteiger partial charge in [-0.2, -0.15) is 7.11 Å². The van der Waals surface area contributed by atoms with Crippen LogP contribution in [0.25, 0.3) is 0 Å². The van der Waals surface area contributed by atoms with E-state index in [4.69, 9.17) is 27.5 Å². The smallest absolute Gasteiger partial charge is 0.500 e. The quantitative estimate of drug-likeness (QED) is 0.105. The molecule has 0 spiro atoms. The molecule has 0 radical (unpaired) electrons. The van der Waals surface area contributed by atoms with Gasteiger partial charge in [-0.3, -0.25) is 10.1 Å². The number of unbranched alkanes of at least 4 members (excludes halogenated alkanes) is 1. The van der Waals surface area contributed by atoms with Crippen molar-refractivity contribution < 1.29 is 32.4 Å². The van der Waals surface area contributed by atoms with Gasteiger partial charge >= 0.3 is 8.80 Å². The largest absolute Gasteiger partial charge is 0.663 e. The Hall–Kier alpha value is -2.72. The Balaban J connectivity index is 0.00000676. The monoisotopic (exact) mass is 655 g/mol. The number of nitrogens with zero attached hydrogens (tertiary/aromatic N) is 1. The zero-order valence-corrected chi connectivity index (χ0v) is 23.7. The van der Waals surface area contributed by atoms with E-state index in [1.54, 1.807) is 21.3 Å². The normalized spacial score (nSPS) is 11.0. The van der Waals surface area contributed by atoms with Crippen molar-refractivity contribution in [1.82, 2.24) is 0 Å². The fourth-order valence-corrected chi connectivity index (χ4v) is 4.23. The third-order valence-electron chi connectivity index (χ3n) is 3.93. The first-order valence-corrected chi connectivity index (χ1v) is 9.90. The number of benzene rings is 1. The summed E-state index contributed by atoms with van der Waals surface area (Å²) in [5, 5.41) is 11.2. The average molecular weight is 655 g/mol. The molecule has 0 fully saturated rings. The van der Waals surface area contributed by atoms with Crippen molar-refractivity contribution in [1.29, 1.82) is 0 Å². The molecule has 0 unspecified atom stereocenters. The minimum absolute atomic E-state index is 0. The first-order valence-electron chi connectivity index (χ1n) is 7.97. The molecule has 0 atom stereocenters. The third kappa shape index (κ3) is 6.50. The van der Waals surface area contributed by atoms with E-state index in [1.807, 2.05) is 0 Å². The van der Waals surface area contributed by atoms with Crippen LogP contribution in [0.1, 0.15) is 18.4 Å². The molecule has 1 rings (SSSR count). The van der Waals surface area contributed by atoms with E-state index in [0.29, 0.717) is 24.0 Å². The first-order chi connectivity index (χ1) is 12.5. The predicted molar refractivity (Wildman–Crippen MR) is 96.1 cm³/mol. The molecule has 0 amide bonds. The number of hydrogen-bond donors (Lipinski definition) is 0. The molecule has 1 aromatic carbocycles. The predicted octanol–water partition coefficient (Wildman–Crippen LogP) is 2.95. The summed E-state index contributed by atoms with van der Waals surface area (Å²) in [5.41, 5.74) is 0.302. The number of nitro groups is 1. The van der Waals surface area contributed by atoms with Gasteiger partial charge in [-0.25, -0.2) is 0 Å². The Morgan fingerprint density at radius 1 is 1.07 bits per heavy atom. The van der Waals surface area contributed by atoms with Gasteiger partial charge in [0.2, 0.25) is 0 Å². The Bertz CT molecular complexity index is 578. The van der Waals surface area contributed by atoms with E-state index in [2.05, 4.69) is 7.11 Å². The summed E-state index contributed by atoms with van der Waals surface area (Å²) in [6.07, 6.45) is 1.54. The van der Waals surface area contributed by atoms with Crippen LogP contribution in [0.4, 0.5) is 5.69 Å². The molecule has 11 heteroatoms. The molecule has 0 N–H and O–H groups in total. The van der Waals surface area contributed by atoms with Crippen LogP contribution in [0.15, 0.2) is 12.1 Å². The van der Waals surface area contributed by atoms with Crippen molar-refractivity contribution in [3.63, 3.8) is 0 Å². The van der Waals surface area contributed by atoms with E-state index in [0.717, 1.165) is 12.8 Å². The Morgan fingerprint density at radius 2 is 1.70 bits per heavy atom. The van der Waals surface area contributed by atoms with Crippen LogP contribution in [0.5, 0.6) is 11.5 Å². The zero-order valence-electron chi connectivity index (χ0n) is 16.3. The van der Waals surface area contributed by atoms with Gasteiger partial charge in [-0.15, -0.1) is 0 Å². The topological polar surface area (TPSA) is 98.5 Å². The van der Waals surface area contributed by atoms with Crippen LogP contribution in [0.3, 0.4) is 0 Å². The van der Waals surface area contributed by atoms with E-state index < -0.39 is 13.7 Å². The molecule has 0 bridgehead atoms. The van der Waals surface area contributed by atoms with Crippen LogP contribution in [0, 0.1) is 17.2 Å². The second-order valence-corrected chi connectivity index (χ2v) is 8.43. The molecule has 0 aliphatic heterocycles. The molecule has 27 heavy (non-hydrogen) atoms. The summed E-state index contributed by atoms with van der Waals surface area (Å²) in [7, 11) is 6.86. The molecule has 0 saturated heterocycles. The van der Waals surface area contributed by atoms with Gasteiger partial charge in [0.1, 0.15) is 5.75 Å². The summed E-state index contributed by atoms with van der Waals surface area (Å²) in [6.45, 7) is 0.528. The molecule has 9 nitrogen and oxygen atoms in total. The van der Waals surface area contributed by atoms with Crippen molar-refractivity contribution in [2.75, 3.05) is 35.0 Å². The molecular formula is C16H26NO8RfSi-. The van der Waals surface area contributed by atoms with Crippen molar-refractivity contribution in [2.45, 2.75) is 25.5 Å². The fraction of sp³-hybridized carbons (Fsp3) is 0.562. The van der Waals surface area contributed by atoms with Gasteiger partial charge in [0.25, 0.3) is 5.69 Å². The molecular weight excluding hydrogens is 629 g/mol. The summed E-state index contributed by atoms with van der Waals surface area (Å²) < 4.78 is 31.6. The fourth-order valence-electron chi connectivity index (χ4n) is 2.43. The molecule has 0 aliphatic rings. The van der Waals surface area contributed by atoms with E-state index in [-0.39, 0.29) is 18.0 Å². The molecule has 0 saturated carbocycles. The molecule has 0 aliphatic carbocycles. The van der Waals surface area contributed by atoms with Crippen LogP contribution >= 0.6 is 0 Å². The van der Waals surface area contributed by atoms with Gasteiger partial charge < -0.3 is 27.5 Å². The van der Waals surface area contributed by atoms with Crippen molar-refractivity contribution >= 4 is 14.5 Å². The summed E-state index contributed by atoms with van der Waals surface area (Å²) in [4.78, 5) is 10.7. The SMILES string of the molecule is [CH2-]Oc1cc([N+](=O)[O-])c(COCCCC[Si](OC)(OC)OC)cc1OC.[Rf]. The van der Waals surface area contributed by atoms with Gasteiger partial charge in [0.15, 0.2) is 5.75 Å². The number of hydrogen-bond acceptors (Lipinski definition) is 8. The zero-order chi connectivity index (χ0) is 19.6. The number of ether oxygens (including phenoxy) is 3. The maximum atomic E-state index is 11.2. The summed E-state index contributed by atoms with van der Waals surface area (Å²) >= 11 is 0. The molecule has 0 aromatic heterocycles. The van der Waals surface area contributed by atoms with Crippen molar-refractivity contribution in [3.8, 4) is 11.5 Å². The van der Waals surface area contributed by atoms with Crippen LogP contribution in [-0.4, -0.2) is 48.8 Å². The Morgan fingerprint density at radius 3 is 2.19 bits per heavy atom. The summed E-state index contributed by atoms with van der Waals surface area (Å²) in [5.74, 6) is 0.559. The molecule has 0 heterocycles. The van der Waals surface area contributed by atoms with Crippen molar-refractivity contribution in [2.24, 2.45) is 0 Å². The third-order valence-corrected chi connectivity index (χ3v) is 6.76. The maximum absolute atomic E-state index is 11.2. The average Bonchev–Trinajstić information content (AvgIpc) is 2.67. The van der Waals surface area contributed by atoms with Crippen molar-refractivity contribution in [3.05, 3.63) is 34.9 Å². The standard InChI is InChI=1S/C16H26NO8Si.Rf/c1-20-15-10-13(14(17(18)19)11-16(15)21-2)12-25-8-6-7-9-26(22-3,23-4)24-5;/h10-11H,2,6-9,12H2,1,3-5H3;/q-1;. The van der Waals surface area contributed by atoms with Crippen LogP contribution < -0.4 is 9.47 Å². The van der Waals surface area contributed by atoms with E-state index in [9.17, 15) is 10.1 Å². The minimum Gasteiger partial charge on any atom is -0.663 e. The maximum Gasteiger partial charge on any atom is 0.500 e. The number of rotatable bonds is 13. The van der Waals surface area contributed by atoms with E-state index in [1.165, 1.54) is 19.2 Å². The molecule has 1 aromatic rings. The van der Waals surface area contributed by atoms with Crippen LogP contribution in [0.2, 0.25) is 6.04 Å². The Kier molecular flexibility index (Phi) is 10.6. The second kappa shape index (κ2) is 11.8. The first kappa shape index (κ1) is 24.3. The number of methoxy groups -OCH3 is 1. The number of nitro benzene ring substituents is 1. The minimum atomic E-state index is -2.57. The van der Waals surface area contributed by atoms with Gasteiger partial charge in [-0.1, -0.05) is 0 Å². The van der Waals surface area contributed by atoms with Gasteiger partial charge in [-0.05, 0) is 18.9 Å². The second-order valence-electron chi connectivity index (χ2n) is 5.34. The summed E-state index contributed by atoms with van der Waals surface area (Å²) in [6, 6.07) is 3.47. The van der Waals surface area contributed by atoms with E-state index >= 15 is 0 Å². The van der Waals surface area contributed by atoms with Gasteiger partial charge in [0.05, 0.1) is 30.3 Å². The molecule has 150 valence electrons. The van der Waals surface area contributed by atoms with Crippen LogP contribution in [-0.2, 0) is 24.6 Å².